The summed E-state index contributed by atoms with van der Waals surface area (Å²) in [7, 11) is 0. The largest absolute Gasteiger partial charge is 0.506 e. The highest BCUT2D eigenvalue weighted by molar-refractivity contribution is 7.98. The van der Waals surface area contributed by atoms with Crippen LogP contribution < -0.4 is 5.73 Å². The van der Waals surface area contributed by atoms with Gasteiger partial charge in [-0.15, -0.1) is 0 Å². The second-order valence-electron chi connectivity index (χ2n) is 10.5. The number of nitrogens with zero attached hydrogens (tertiary/aromatic N) is 2. The maximum atomic E-state index is 13.1. The van der Waals surface area contributed by atoms with Crippen molar-refractivity contribution in [2.75, 3.05) is 18.8 Å². The van der Waals surface area contributed by atoms with Gasteiger partial charge in [-0.25, -0.2) is 0 Å². The first-order chi connectivity index (χ1) is 18.0. The predicted octanol–water partition coefficient (Wildman–Crippen LogP) is 8.29. The van der Waals surface area contributed by atoms with Crippen LogP contribution >= 0.6 is 11.8 Å². The minimum Gasteiger partial charge on any atom is -0.506 e. The van der Waals surface area contributed by atoms with Crippen LogP contribution in [0.2, 0.25) is 0 Å². The van der Waals surface area contributed by atoms with E-state index >= 15 is 0 Å². The zero-order chi connectivity index (χ0) is 27.1. The van der Waals surface area contributed by atoms with Crippen LogP contribution in [-0.4, -0.2) is 39.7 Å². The van der Waals surface area contributed by atoms with Gasteiger partial charge in [-0.1, -0.05) is 104 Å². The highest BCUT2D eigenvalue weighted by atomic mass is 32.2. The molecule has 0 radical (unpaired) electrons. The SMILES string of the molecule is CCCCCCCCCCN(CCCCCCCCCC)C(=O)CCSCc1cnc(C)c(O)c1CN. The van der Waals surface area contributed by atoms with E-state index in [1.54, 1.807) is 18.7 Å². The first-order valence-corrected chi connectivity index (χ1v) is 16.4. The molecule has 0 aliphatic carbocycles. The molecule has 1 rings (SSSR count). The zero-order valence-electron chi connectivity index (χ0n) is 24.4. The van der Waals surface area contributed by atoms with E-state index in [1.165, 1.54) is 89.9 Å². The Bertz CT molecular complexity index is 694. The Kier molecular flexibility index (Phi) is 20.7. The van der Waals surface area contributed by atoms with Gasteiger partial charge in [-0.3, -0.25) is 9.78 Å². The lowest BCUT2D eigenvalue weighted by molar-refractivity contribution is -0.130. The fraction of sp³-hybridized carbons (Fsp3) is 0.806. The number of amides is 1. The van der Waals surface area contributed by atoms with E-state index in [0.717, 1.165) is 48.6 Å². The smallest absolute Gasteiger partial charge is 0.223 e. The van der Waals surface area contributed by atoms with Gasteiger partial charge in [-0.2, -0.15) is 11.8 Å². The average Bonchev–Trinajstić information content (AvgIpc) is 2.90. The first kappa shape index (κ1) is 33.8. The van der Waals surface area contributed by atoms with Crippen molar-refractivity contribution in [1.82, 2.24) is 9.88 Å². The molecule has 5 nitrogen and oxygen atoms in total. The van der Waals surface area contributed by atoms with Crippen LogP contribution in [0.25, 0.3) is 0 Å². The van der Waals surface area contributed by atoms with Crippen molar-refractivity contribution in [2.24, 2.45) is 5.73 Å². The molecular weight excluding hydrogens is 478 g/mol. The summed E-state index contributed by atoms with van der Waals surface area (Å²) in [6, 6.07) is 0. The molecule has 0 aliphatic rings. The molecule has 0 spiro atoms. The van der Waals surface area contributed by atoms with E-state index in [4.69, 9.17) is 5.73 Å². The molecule has 0 saturated carbocycles. The topological polar surface area (TPSA) is 79.5 Å². The number of rotatable bonds is 24. The monoisotopic (exact) mass is 535 g/mol. The number of aromatic nitrogens is 1. The summed E-state index contributed by atoms with van der Waals surface area (Å²) in [6.45, 7) is 8.42. The summed E-state index contributed by atoms with van der Waals surface area (Å²) in [5.41, 5.74) is 8.21. The van der Waals surface area contributed by atoms with E-state index in [9.17, 15) is 9.90 Å². The molecule has 0 bridgehead atoms. The third kappa shape index (κ3) is 15.7. The van der Waals surface area contributed by atoms with Gasteiger partial charge >= 0.3 is 0 Å². The molecule has 1 aromatic heterocycles. The van der Waals surface area contributed by atoms with Gasteiger partial charge in [-0.05, 0) is 25.3 Å². The highest BCUT2D eigenvalue weighted by Crippen LogP contribution is 2.26. The molecule has 1 aromatic rings. The summed E-state index contributed by atoms with van der Waals surface area (Å²) < 4.78 is 0. The van der Waals surface area contributed by atoms with Gasteiger partial charge < -0.3 is 15.7 Å². The van der Waals surface area contributed by atoms with Gasteiger partial charge in [0.2, 0.25) is 5.91 Å². The minimum atomic E-state index is 0.207. The van der Waals surface area contributed by atoms with Crippen LogP contribution in [0.15, 0.2) is 6.20 Å². The average molecular weight is 536 g/mol. The molecule has 0 saturated heterocycles. The Morgan fingerprint density at radius 1 is 0.865 bits per heavy atom. The Labute approximate surface area is 232 Å². The Balaban J connectivity index is 2.41. The summed E-state index contributed by atoms with van der Waals surface area (Å²) >= 11 is 1.72. The van der Waals surface area contributed by atoms with E-state index in [-0.39, 0.29) is 5.75 Å². The quantitative estimate of drug-likeness (QED) is 0.130. The van der Waals surface area contributed by atoms with Crippen molar-refractivity contribution >= 4 is 17.7 Å². The number of aromatic hydroxyl groups is 1. The molecule has 0 atom stereocenters. The van der Waals surface area contributed by atoms with Crippen molar-refractivity contribution in [3.05, 3.63) is 23.0 Å². The van der Waals surface area contributed by atoms with Crippen LogP contribution in [-0.2, 0) is 17.1 Å². The number of unbranched alkanes of at least 4 members (excludes halogenated alkanes) is 14. The predicted molar refractivity (Wildman–Crippen MR) is 161 cm³/mol. The Morgan fingerprint density at radius 2 is 1.35 bits per heavy atom. The third-order valence-electron chi connectivity index (χ3n) is 7.27. The van der Waals surface area contributed by atoms with Crippen molar-refractivity contribution in [2.45, 2.75) is 142 Å². The molecule has 1 amide bonds. The number of carbonyl (C=O) groups is 1. The minimum absolute atomic E-state index is 0.207. The van der Waals surface area contributed by atoms with Crippen LogP contribution in [0.5, 0.6) is 5.75 Å². The Hall–Kier alpha value is -1.27. The maximum absolute atomic E-state index is 13.1. The first-order valence-electron chi connectivity index (χ1n) is 15.3. The standard InChI is InChI=1S/C31H57N3O2S/c1-4-6-8-10-12-14-16-18-21-34(22-19-17-15-13-11-9-7-5-2)30(35)20-23-37-26-28-25-33-27(3)31(36)29(28)24-32/h25,36H,4-24,26,32H2,1-3H3. The van der Waals surface area contributed by atoms with Gasteiger partial charge in [0.15, 0.2) is 0 Å². The normalized spacial score (nSPS) is 11.2. The molecular formula is C31H57N3O2S. The van der Waals surface area contributed by atoms with E-state index < -0.39 is 0 Å². The molecule has 0 aliphatic heterocycles. The van der Waals surface area contributed by atoms with E-state index in [2.05, 4.69) is 23.7 Å². The van der Waals surface area contributed by atoms with Gasteiger partial charge in [0.1, 0.15) is 5.75 Å². The lowest BCUT2D eigenvalue weighted by Crippen LogP contribution is -2.33. The number of hydrogen-bond acceptors (Lipinski definition) is 5. The number of nitrogens with two attached hydrogens (primary N) is 1. The van der Waals surface area contributed by atoms with Crippen LogP contribution in [0, 0.1) is 6.92 Å². The fourth-order valence-corrected chi connectivity index (χ4v) is 5.70. The zero-order valence-corrected chi connectivity index (χ0v) is 25.2. The molecule has 6 heteroatoms. The molecule has 0 unspecified atom stereocenters. The summed E-state index contributed by atoms with van der Waals surface area (Å²) in [5, 5.41) is 10.2. The maximum Gasteiger partial charge on any atom is 0.223 e. The van der Waals surface area contributed by atoms with Crippen LogP contribution in [0.3, 0.4) is 0 Å². The van der Waals surface area contributed by atoms with Crippen molar-refractivity contribution in [3.63, 3.8) is 0 Å². The fourth-order valence-electron chi connectivity index (χ4n) is 4.77. The summed E-state index contributed by atoms with van der Waals surface area (Å²) in [6.07, 6.45) is 23.1. The number of aryl methyl sites for hydroxylation is 1. The van der Waals surface area contributed by atoms with E-state index in [0.29, 0.717) is 24.6 Å². The highest BCUT2D eigenvalue weighted by Gasteiger charge is 2.14. The molecule has 214 valence electrons. The molecule has 37 heavy (non-hydrogen) atoms. The van der Waals surface area contributed by atoms with Crippen molar-refractivity contribution in [3.8, 4) is 5.75 Å². The summed E-state index contributed by atoms with van der Waals surface area (Å²) in [5.74, 6) is 2.00. The Morgan fingerprint density at radius 3 is 1.84 bits per heavy atom. The second-order valence-corrected chi connectivity index (χ2v) is 11.6. The molecule has 0 aromatic carbocycles. The molecule has 1 heterocycles. The lowest BCUT2D eigenvalue weighted by Gasteiger charge is -2.23. The summed E-state index contributed by atoms with van der Waals surface area (Å²) in [4.78, 5) is 19.5. The number of carbonyl (C=O) groups excluding carboxylic acids is 1. The van der Waals surface area contributed by atoms with Gasteiger partial charge in [0.05, 0.1) is 5.69 Å². The van der Waals surface area contributed by atoms with Crippen LogP contribution in [0.1, 0.15) is 140 Å². The van der Waals surface area contributed by atoms with Crippen molar-refractivity contribution < 1.29 is 9.90 Å². The van der Waals surface area contributed by atoms with Gasteiger partial charge in [0, 0.05) is 49.3 Å². The number of pyridine rings is 1. The lowest BCUT2D eigenvalue weighted by atomic mass is 10.1. The number of thioether (sulfide) groups is 1. The van der Waals surface area contributed by atoms with E-state index in [1.807, 2.05) is 6.20 Å². The third-order valence-corrected chi connectivity index (χ3v) is 8.28. The molecule has 0 fully saturated rings. The van der Waals surface area contributed by atoms with Crippen molar-refractivity contribution in [1.29, 1.82) is 0 Å². The molecule has 3 N–H and O–H groups in total. The van der Waals surface area contributed by atoms with Crippen LogP contribution in [0.4, 0.5) is 0 Å². The number of hydrogen-bond donors (Lipinski definition) is 2. The second kappa shape index (κ2) is 22.7. The van der Waals surface area contributed by atoms with Gasteiger partial charge in [0.25, 0.3) is 0 Å².